The topological polar surface area (TPSA) is 0 Å². The second-order valence-electron chi connectivity index (χ2n) is 13.8. The molecule has 15 rings (SSSR count). The molecule has 11 aliphatic rings. The predicted octanol–water partition coefficient (Wildman–Crippen LogP) is 11.3. The molecule has 2 saturated carbocycles. The summed E-state index contributed by atoms with van der Waals surface area (Å²) in [5.74, 6) is 1.20. The summed E-state index contributed by atoms with van der Waals surface area (Å²) in [5.41, 5.74) is 17.1. The summed E-state index contributed by atoms with van der Waals surface area (Å²) in [4.78, 5) is 0. The Morgan fingerprint density at radius 3 is 1.75 bits per heavy atom. The van der Waals surface area contributed by atoms with E-state index in [0.717, 1.165) is 11.5 Å². The maximum Gasteiger partial charge on any atom is 0.00732 e. The minimum atomic E-state index is 0.167. The Morgan fingerprint density at radius 1 is 0.614 bits per heavy atom. The average molecular weight is 565 g/mol. The Bertz CT molecular complexity index is 2000. The van der Waals surface area contributed by atoms with E-state index in [0.29, 0.717) is 5.92 Å². The molecule has 44 heavy (non-hydrogen) atoms. The molecule has 0 nitrogen and oxygen atoms in total. The lowest BCUT2D eigenvalue weighted by Crippen LogP contribution is -2.41. The lowest BCUT2D eigenvalue weighted by molar-refractivity contribution is 0.163. The molecular weight excluding hydrogens is 528 g/mol. The van der Waals surface area contributed by atoms with Crippen LogP contribution in [-0.2, 0) is 5.41 Å². The number of allylic oxidation sites excluding steroid dienone is 11. The van der Waals surface area contributed by atoms with Crippen LogP contribution in [0.2, 0.25) is 0 Å². The molecule has 4 atom stereocenters. The molecule has 0 saturated heterocycles. The lowest BCUT2D eigenvalue weighted by Gasteiger charge is -2.46. The molecule has 0 amide bonds. The van der Waals surface area contributed by atoms with Crippen LogP contribution in [0.5, 0.6) is 0 Å². The van der Waals surface area contributed by atoms with E-state index in [9.17, 15) is 0 Å². The van der Waals surface area contributed by atoms with Crippen molar-refractivity contribution in [3.63, 3.8) is 0 Å². The van der Waals surface area contributed by atoms with Crippen LogP contribution in [0, 0.1) is 17.3 Å². The molecular formula is C44H36. The van der Waals surface area contributed by atoms with Crippen LogP contribution in [0.1, 0.15) is 48.9 Å². The van der Waals surface area contributed by atoms with Crippen LogP contribution in [-0.4, -0.2) is 0 Å². The van der Waals surface area contributed by atoms with Gasteiger partial charge in [-0.05, 0) is 102 Å². The van der Waals surface area contributed by atoms with E-state index in [2.05, 4.69) is 154 Å². The number of benzene rings is 4. The van der Waals surface area contributed by atoms with E-state index in [4.69, 9.17) is 0 Å². The maximum absolute atomic E-state index is 4.46. The van der Waals surface area contributed by atoms with Gasteiger partial charge in [0.1, 0.15) is 0 Å². The number of hydrogen-bond acceptors (Lipinski definition) is 0. The van der Waals surface area contributed by atoms with Crippen molar-refractivity contribution in [1.82, 2.24) is 0 Å². The van der Waals surface area contributed by atoms with E-state index < -0.39 is 0 Å². The SMILES string of the molecule is C=C1/C=C\C2(C)CC3CC32c2ccc(cc2)-c2ccc(cc2)C2=C3C(=CC=C3C(C)C=C2)c2ccc(cc2)-c2ccc1cc2. The van der Waals surface area contributed by atoms with Crippen molar-refractivity contribution in [3.05, 3.63) is 173 Å². The summed E-state index contributed by atoms with van der Waals surface area (Å²) in [6.07, 6.45) is 16.6. The average Bonchev–Trinajstić information content (AvgIpc) is 3.48. The quantitative estimate of drug-likeness (QED) is 0.199. The van der Waals surface area contributed by atoms with E-state index in [-0.39, 0.29) is 10.8 Å². The highest BCUT2D eigenvalue weighted by atomic mass is 14.8. The molecule has 0 heteroatoms. The highest BCUT2D eigenvalue weighted by Crippen LogP contribution is 2.78. The van der Waals surface area contributed by atoms with Gasteiger partial charge in [0.2, 0.25) is 0 Å². The molecule has 8 bridgehead atoms. The molecule has 0 aromatic heterocycles. The van der Waals surface area contributed by atoms with Gasteiger partial charge in [-0.1, -0.05) is 154 Å². The van der Waals surface area contributed by atoms with Crippen LogP contribution in [0.3, 0.4) is 0 Å². The third-order valence-electron chi connectivity index (χ3n) is 11.5. The monoisotopic (exact) mass is 564 g/mol. The van der Waals surface area contributed by atoms with E-state index in [1.165, 1.54) is 79.6 Å². The molecule has 0 aliphatic heterocycles. The molecule has 2 fully saturated rings. The van der Waals surface area contributed by atoms with Gasteiger partial charge >= 0.3 is 0 Å². The van der Waals surface area contributed by atoms with Crippen molar-refractivity contribution in [2.75, 3.05) is 0 Å². The third-order valence-corrected chi connectivity index (χ3v) is 11.5. The van der Waals surface area contributed by atoms with Gasteiger partial charge in [0.25, 0.3) is 0 Å². The molecule has 1 spiro atoms. The van der Waals surface area contributed by atoms with Crippen molar-refractivity contribution in [3.8, 4) is 22.3 Å². The molecule has 0 radical (unpaired) electrons. The van der Waals surface area contributed by atoms with E-state index in [1.54, 1.807) is 0 Å². The van der Waals surface area contributed by atoms with Crippen molar-refractivity contribution in [1.29, 1.82) is 0 Å². The fourth-order valence-electron chi connectivity index (χ4n) is 8.72. The van der Waals surface area contributed by atoms with Crippen LogP contribution in [0.15, 0.2) is 151 Å². The van der Waals surface area contributed by atoms with Crippen molar-refractivity contribution in [2.45, 2.75) is 32.1 Å². The summed E-state index contributed by atoms with van der Waals surface area (Å²) in [6, 6.07) is 36.7. The zero-order valence-electron chi connectivity index (χ0n) is 25.5. The van der Waals surface area contributed by atoms with Crippen molar-refractivity contribution >= 4 is 16.7 Å². The summed E-state index contributed by atoms with van der Waals surface area (Å²) in [5, 5.41) is 0. The first-order valence-electron chi connectivity index (χ1n) is 16.1. The summed E-state index contributed by atoms with van der Waals surface area (Å²) < 4.78 is 0. The number of hydrogen-bond donors (Lipinski definition) is 0. The highest BCUT2D eigenvalue weighted by Gasteiger charge is 2.73. The first-order valence-corrected chi connectivity index (χ1v) is 16.1. The Morgan fingerprint density at radius 2 is 1.16 bits per heavy atom. The van der Waals surface area contributed by atoms with Gasteiger partial charge in [-0.25, -0.2) is 0 Å². The number of rotatable bonds is 0. The largest absolute Gasteiger partial charge is 0.0912 e. The summed E-state index contributed by atoms with van der Waals surface area (Å²) in [7, 11) is 0. The molecule has 4 aromatic rings. The first kappa shape index (κ1) is 25.8. The van der Waals surface area contributed by atoms with E-state index >= 15 is 0 Å². The smallest absolute Gasteiger partial charge is 0.00732 e. The minimum Gasteiger partial charge on any atom is -0.0912 e. The predicted molar refractivity (Wildman–Crippen MR) is 186 cm³/mol. The molecule has 4 unspecified atom stereocenters. The van der Waals surface area contributed by atoms with Crippen molar-refractivity contribution in [2.24, 2.45) is 17.3 Å². The molecule has 4 aromatic carbocycles. The fourth-order valence-corrected chi connectivity index (χ4v) is 8.72. The standard InChI is InChI=1S/C44H36/c1-28-24-25-43(3)26-38-27-44(38,43)37-19-17-34(18-20-37)33-11-13-35(14-12-33)40-21-4-29(2)39-22-23-41(42(39)40)36-15-9-32(10-16-36)31-7-5-30(28)6-8-31/h4-25,29,38H,1,26-27H2,2-3H3/b25-24-. The highest BCUT2D eigenvalue weighted by molar-refractivity contribution is 6.01. The molecule has 0 N–H and O–H groups in total. The Kier molecular flexibility index (Phi) is 5.37. The van der Waals surface area contributed by atoms with Crippen LogP contribution in [0.4, 0.5) is 0 Å². The van der Waals surface area contributed by atoms with Gasteiger partial charge < -0.3 is 0 Å². The van der Waals surface area contributed by atoms with Gasteiger partial charge in [0.15, 0.2) is 0 Å². The fraction of sp³-hybridized carbons (Fsp3) is 0.182. The zero-order chi connectivity index (χ0) is 29.6. The Hall–Kier alpha value is -4.68. The van der Waals surface area contributed by atoms with E-state index in [1.807, 2.05) is 0 Å². The summed E-state index contributed by atoms with van der Waals surface area (Å²) >= 11 is 0. The minimum absolute atomic E-state index is 0.167. The third kappa shape index (κ3) is 3.64. The lowest BCUT2D eigenvalue weighted by atomic mass is 9.57. The van der Waals surface area contributed by atoms with Gasteiger partial charge in [-0.2, -0.15) is 0 Å². The normalized spacial score (nSPS) is 28.1. The maximum atomic E-state index is 4.46. The molecule has 11 aliphatic carbocycles. The molecule has 212 valence electrons. The van der Waals surface area contributed by atoms with Gasteiger partial charge in [-0.3, -0.25) is 0 Å². The van der Waals surface area contributed by atoms with Crippen LogP contribution >= 0.6 is 0 Å². The molecule has 0 heterocycles. The van der Waals surface area contributed by atoms with Gasteiger partial charge in [0, 0.05) is 5.41 Å². The first-order chi connectivity index (χ1) is 21.4. The Balaban J connectivity index is 1.17. The van der Waals surface area contributed by atoms with Gasteiger partial charge in [0.05, 0.1) is 0 Å². The Labute approximate surface area is 261 Å². The van der Waals surface area contributed by atoms with Crippen molar-refractivity contribution < 1.29 is 0 Å². The second-order valence-corrected chi connectivity index (χ2v) is 13.8. The van der Waals surface area contributed by atoms with Gasteiger partial charge in [-0.15, -0.1) is 0 Å². The van der Waals surface area contributed by atoms with Crippen LogP contribution < -0.4 is 0 Å². The van der Waals surface area contributed by atoms with Crippen LogP contribution in [0.25, 0.3) is 39.0 Å². The summed E-state index contributed by atoms with van der Waals surface area (Å²) in [6.45, 7) is 9.21. The second kappa shape index (κ2) is 9.16. The zero-order valence-corrected chi connectivity index (χ0v) is 25.5.